The van der Waals surface area contributed by atoms with Crippen LogP contribution in [-0.4, -0.2) is 25.1 Å². The lowest BCUT2D eigenvalue weighted by atomic mass is 10.2. The number of nitrogens with two attached hydrogens (primary N) is 1. The van der Waals surface area contributed by atoms with E-state index in [0.29, 0.717) is 11.5 Å². The molecule has 0 atom stereocenters. The van der Waals surface area contributed by atoms with Gasteiger partial charge in [0.15, 0.2) is 23.2 Å². The van der Waals surface area contributed by atoms with Crippen molar-refractivity contribution >= 4 is 5.82 Å². The van der Waals surface area contributed by atoms with Gasteiger partial charge in [0.05, 0.1) is 0 Å². The second-order valence-electron chi connectivity index (χ2n) is 3.57. The highest BCUT2D eigenvalue weighted by atomic mass is 16.6. The van der Waals surface area contributed by atoms with Crippen LogP contribution in [0.4, 0.5) is 5.82 Å². The van der Waals surface area contributed by atoms with Crippen molar-refractivity contribution in [3.05, 3.63) is 5.82 Å². The van der Waals surface area contributed by atoms with Gasteiger partial charge in [0.1, 0.15) is 0 Å². The standard InChI is InChI=1S/C8H12N6O/c1-4(2)7-10-8(14(3)11-7)5-6(9)13-15-12-5/h4H,1-3H3,(H2,9,13). The maximum absolute atomic E-state index is 5.58. The molecular formula is C8H12N6O. The van der Waals surface area contributed by atoms with Crippen LogP contribution in [0, 0.1) is 0 Å². The van der Waals surface area contributed by atoms with Crippen molar-refractivity contribution in [1.29, 1.82) is 0 Å². The minimum atomic E-state index is 0.223. The molecule has 0 aromatic carbocycles. The Balaban J connectivity index is 2.50. The molecule has 7 heteroatoms. The van der Waals surface area contributed by atoms with Crippen LogP contribution in [-0.2, 0) is 7.05 Å². The molecular weight excluding hydrogens is 196 g/mol. The molecule has 0 saturated carbocycles. The molecule has 0 radical (unpaired) electrons. The number of aromatic nitrogens is 5. The number of nitrogen functional groups attached to an aromatic ring is 1. The first-order chi connectivity index (χ1) is 7.09. The van der Waals surface area contributed by atoms with Gasteiger partial charge in [-0.25, -0.2) is 14.3 Å². The average Bonchev–Trinajstić information content (AvgIpc) is 2.71. The molecule has 2 rings (SSSR count). The minimum Gasteiger partial charge on any atom is -0.379 e. The van der Waals surface area contributed by atoms with Gasteiger partial charge in [-0.15, -0.1) is 0 Å². The Morgan fingerprint density at radius 1 is 1.33 bits per heavy atom. The number of hydrogen-bond donors (Lipinski definition) is 1. The number of rotatable bonds is 2. The van der Waals surface area contributed by atoms with Crippen molar-refractivity contribution in [2.24, 2.45) is 7.05 Å². The molecule has 2 aromatic heterocycles. The number of anilines is 1. The monoisotopic (exact) mass is 208 g/mol. The molecule has 7 nitrogen and oxygen atoms in total. The molecule has 0 bridgehead atoms. The smallest absolute Gasteiger partial charge is 0.199 e. The predicted octanol–water partition coefficient (Wildman–Crippen LogP) is 0.571. The van der Waals surface area contributed by atoms with Crippen molar-refractivity contribution in [3.63, 3.8) is 0 Å². The Morgan fingerprint density at radius 3 is 2.53 bits per heavy atom. The molecule has 0 saturated heterocycles. The zero-order valence-electron chi connectivity index (χ0n) is 8.80. The van der Waals surface area contributed by atoms with Crippen LogP contribution in [0.25, 0.3) is 11.5 Å². The van der Waals surface area contributed by atoms with E-state index in [9.17, 15) is 0 Å². The number of aryl methyl sites for hydroxylation is 1. The maximum atomic E-state index is 5.58. The molecule has 0 aliphatic carbocycles. The summed E-state index contributed by atoms with van der Waals surface area (Å²) in [5.74, 6) is 1.79. The lowest BCUT2D eigenvalue weighted by Gasteiger charge is -1.93. The molecule has 80 valence electrons. The SMILES string of the molecule is CC(C)c1nc(-c2nonc2N)n(C)n1. The number of nitrogens with zero attached hydrogens (tertiary/aromatic N) is 5. The fraction of sp³-hybridized carbons (Fsp3) is 0.500. The third-order valence-electron chi connectivity index (χ3n) is 2.02. The van der Waals surface area contributed by atoms with Crippen molar-refractivity contribution in [3.8, 4) is 11.5 Å². The Bertz CT molecular complexity index is 471. The topological polar surface area (TPSA) is 95.6 Å². The summed E-state index contributed by atoms with van der Waals surface area (Å²) in [5.41, 5.74) is 6.01. The van der Waals surface area contributed by atoms with Crippen LogP contribution >= 0.6 is 0 Å². The third-order valence-corrected chi connectivity index (χ3v) is 2.02. The zero-order valence-corrected chi connectivity index (χ0v) is 8.80. The average molecular weight is 208 g/mol. The number of hydrogen-bond acceptors (Lipinski definition) is 6. The molecule has 0 amide bonds. The van der Waals surface area contributed by atoms with Gasteiger partial charge in [-0.05, 0) is 10.3 Å². The normalized spacial score (nSPS) is 11.2. The van der Waals surface area contributed by atoms with E-state index in [-0.39, 0.29) is 11.7 Å². The first-order valence-corrected chi connectivity index (χ1v) is 4.59. The summed E-state index contributed by atoms with van der Waals surface area (Å²) < 4.78 is 6.13. The Labute approximate surface area is 86.3 Å². The molecule has 2 aromatic rings. The molecule has 0 aliphatic rings. The van der Waals surface area contributed by atoms with Crippen LogP contribution in [0.5, 0.6) is 0 Å². The predicted molar refractivity (Wildman–Crippen MR) is 52.8 cm³/mol. The van der Waals surface area contributed by atoms with Gasteiger partial charge in [0.25, 0.3) is 0 Å². The van der Waals surface area contributed by atoms with E-state index in [1.54, 1.807) is 11.7 Å². The summed E-state index contributed by atoms with van der Waals surface area (Å²) in [5, 5.41) is 11.4. The second kappa shape index (κ2) is 3.34. The Hall–Kier alpha value is -1.92. The summed E-state index contributed by atoms with van der Waals surface area (Å²) >= 11 is 0. The molecule has 2 heterocycles. The van der Waals surface area contributed by atoms with Crippen molar-refractivity contribution in [1.82, 2.24) is 25.1 Å². The lowest BCUT2D eigenvalue weighted by Crippen LogP contribution is -1.97. The first-order valence-electron chi connectivity index (χ1n) is 4.59. The summed E-state index contributed by atoms with van der Waals surface area (Å²) in [4.78, 5) is 4.32. The van der Waals surface area contributed by atoms with Gasteiger partial charge < -0.3 is 5.73 Å². The fourth-order valence-corrected chi connectivity index (χ4v) is 1.21. The van der Waals surface area contributed by atoms with E-state index < -0.39 is 0 Å². The first kappa shape index (κ1) is 9.63. The summed E-state index contributed by atoms with van der Waals surface area (Å²) in [6.45, 7) is 4.03. The molecule has 0 aliphatic heterocycles. The van der Waals surface area contributed by atoms with Crippen LogP contribution in [0.15, 0.2) is 4.63 Å². The van der Waals surface area contributed by atoms with Gasteiger partial charge in [-0.2, -0.15) is 5.10 Å². The van der Waals surface area contributed by atoms with E-state index in [0.717, 1.165) is 5.82 Å². The third kappa shape index (κ3) is 1.56. The summed E-state index contributed by atoms with van der Waals surface area (Å²) in [7, 11) is 1.78. The summed E-state index contributed by atoms with van der Waals surface area (Å²) in [6, 6.07) is 0. The van der Waals surface area contributed by atoms with Crippen LogP contribution in [0.3, 0.4) is 0 Å². The van der Waals surface area contributed by atoms with Crippen molar-refractivity contribution in [2.45, 2.75) is 19.8 Å². The van der Waals surface area contributed by atoms with Crippen LogP contribution in [0.2, 0.25) is 0 Å². The largest absolute Gasteiger partial charge is 0.379 e. The Morgan fingerprint density at radius 2 is 2.07 bits per heavy atom. The quantitative estimate of drug-likeness (QED) is 0.775. The summed E-state index contributed by atoms with van der Waals surface area (Å²) in [6.07, 6.45) is 0. The zero-order chi connectivity index (χ0) is 11.0. The lowest BCUT2D eigenvalue weighted by molar-refractivity contribution is 0.310. The van der Waals surface area contributed by atoms with Crippen LogP contribution in [0.1, 0.15) is 25.6 Å². The molecule has 15 heavy (non-hydrogen) atoms. The van der Waals surface area contributed by atoms with E-state index in [1.165, 1.54) is 0 Å². The highest BCUT2D eigenvalue weighted by molar-refractivity contribution is 5.62. The van der Waals surface area contributed by atoms with E-state index in [1.807, 2.05) is 13.8 Å². The molecule has 0 spiro atoms. The van der Waals surface area contributed by atoms with Crippen molar-refractivity contribution in [2.75, 3.05) is 5.73 Å². The molecule has 2 N–H and O–H groups in total. The van der Waals surface area contributed by atoms with E-state index in [2.05, 4.69) is 25.0 Å². The second-order valence-corrected chi connectivity index (χ2v) is 3.57. The minimum absolute atomic E-state index is 0.223. The highest BCUT2D eigenvalue weighted by Gasteiger charge is 2.17. The van der Waals surface area contributed by atoms with Gasteiger partial charge in [0.2, 0.25) is 0 Å². The van der Waals surface area contributed by atoms with Crippen molar-refractivity contribution < 1.29 is 4.63 Å². The van der Waals surface area contributed by atoms with E-state index >= 15 is 0 Å². The van der Waals surface area contributed by atoms with Gasteiger partial charge in [-0.1, -0.05) is 13.8 Å². The highest BCUT2D eigenvalue weighted by Crippen LogP contribution is 2.21. The fourth-order valence-electron chi connectivity index (χ4n) is 1.21. The van der Waals surface area contributed by atoms with Gasteiger partial charge >= 0.3 is 0 Å². The van der Waals surface area contributed by atoms with Gasteiger partial charge in [0, 0.05) is 13.0 Å². The van der Waals surface area contributed by atoms with E-state index in [4.69, 9.17) is 5.73 Å². The Kier molecular flexibility index (Phi) is 2.14. The molecule has 0 unspecified atom stereocenters. The molecule has 0 fully saturated rings. The van der Waals surface area contributed by atoms with Crippen LogP contribution < -0.4 is 5.73 Å². The maximum Gasteiger partial charge on any atom is 0.199 e. The van der Waals surface area contributed by atoms with Gasteiger partial charge in [-0.3, -0.25) is 0 Å².